The van der Waals surface area contributed by atoms with Crippen LogP contribution in [0.25, 0.3) is 0 Å². The molecule has 0 unspecified atom stereocenters. The zero-order valence-electron chi connectivity index (χ0n) is 9.89. The lowest BCUT2D eigenvalue weighted by Gasteiger charge is -2.22. The standard InChI is InChI=1S/C13H17NO3/c1-3-13(14,12(15)16-2)10-17-9-11-7-5-4-6-8-11/h3-8H,1,9-10,14H2,2H3/t13-/m1/s1. The predicted octanol–water partition coefficient (Wildman–Crippen LogP) is 1.26. The van der Waals surface area contributed by atoms with Crippen LogP contribution in [-0.4, -0.2) is 25.2 Å². The van der Waals surface area contributed by atoms with Crippen LogP contribution < -0.4 is 5.73 Å². The Balaban J connectivity index is 2.49. The molecule has 1 aromatic carbocycles. The minimum atomic E-state index is -1.29. The van der Waals surface area contributed by atoms with Crippen LogP contribution in [0.4, 0.5) is 0 Å². The molecule has 4 nitrogen and oxygen atoms in total. The molecule has 0 heterocycles. The van der Waals surface area contributed by atoms with E-state index in [0.717, 1.165) is 5.56 Å². The summed E-state index contributed by atoms with van der Waals surface area (Å²) in [6, 6.07) is 9.63. The van der Waals surface area contributed by atoms with Gasteiger partial charge in [0, 0.05) is 0 Å². The maximum atomic E-state index is 11.4. The molecule has 0 saturated heterocycles. The van der Waals surface area contributed by atoms with Crippen molar-refractivity contribution in [1.29, 1.82) is 0 Å². The van der Waals surface area contributed by atoms with Crippen molar-refractivity contribution in [3.63, 3.8) is 0 Å². The van der Waals surface area contributed by atoms with Crippen LogP contribution in [0.1, 0.15) is 5.56 Å². The van der Waals surface area contributed by atoms with Gasteiger partial charge in [0.05, 0.1) is 20.3 Å². The summed E-state index contributed by atoms with van der Waals surface area (Å²) in [5, 5.41) is 0. The third-order valence-corrected chi connectivity index (χ3v) is 2.38. The molecule has 17 heavy (non-hydrogen) atoms. The SMILES string of the molecule is C=C[C@@](N)(COCc1ccccc1)C(=O)OC. The predicted molar refractivity (Wildman–Crippen MR) is 65.2 cm³/mol. The first-order valence-electron chi connectivity index (χ1n) is 5.25. The molecule has 0 saturated carbocycles. The Morgan fingerprint density at radius 2 is 2.12 bits per heavy atom. The molecule has 0 aliphatic rings. The average Bonchev–Trinajstić information content (AvgIpc) is 2.38. The number of nitrogens with two attached hydrogens (primary N) is 1. The zero-order chi connectivity index (χ0) is 12.7. The summed E-state index contributed by atoms with van der Waals surface area (Å²) in [6.07, 6.45) is 1.34. The van der Waals surface area contributed by atoms with Crippen LogP contribution in [0.15, 0.2) is 43.0 Å². The minimum Gasteiger partial charge on any atom is -0.467 e. The molecular weight excluding hydrogens is 218 g/mol. The van der Waals surface area contributed by atoms with Crippen LogP contribution in [0.5, 0.6) is 0 Å². The first-order chi connectivity index (χ1) is 8.12. The fourth-order valence-corrected chi connectivity index (χ4v) is 1.30. The maximum absolute atomic E-state index is 11.4. The van der Waals surface area contributed by atoms with E-state index >= 15 is 0 Å². The Morgan fingerprint density at radius 3 is 2.65 bits per heavy atom. The number of esters is 1. The highest BCUT2D eigenvalue weighted by atomic mass is 16.5. The highest BCUT2D eigenvalue weighted by Crippen LogP contribution is 2.08. The van der Waals surface area contributed by atoms with Crippen molar-refractivity contribution in [2.45, 2.75) is 12.1 Å². The van der Waals surface area contributed by atoms with Gasteiger partial charge < -0.3 is 15.2 Å². The van der Waals surface area contributed by atoms with Crippen molar-refractivity contribution in [3.8, 4) is 0 Å². The van der Waals surface area contributed by atoms with Gasteiger partial charge in [0.2, 0.25) is 0 Å². The number of rotatable bonds is 6. The van der Waals surface area contributed by atoms with Gasteiger partial charge in [-0.05, 0) is 5.56 Å². The minimum absolute atomic E-state index is 0.0397. The lowest BCUT2D eigenvalue weighted by Crippen LogP contribution is -2.50. The van der Waals surface area contributed by atoms with E-state index in [1.807, 2.05) is 30.3 Å². The molecule has 1 rings (SSSR count). The number of benzene rings is 1. The van der Waals surface area contributed by atoms with Crippen molar-refractivity contribution in [2.24, 2.45) is 5.73 Å². The second kappa shape index (κ2) is 6.18. The van der Waals surface area contributed by atoms with Gasteiger partial charge in [0.1, 0.15) is 0 Å². The van der Waals surface area contributed by atoms with Gasteiger partial charge in [0.15, 0.2) is 5.54 Å². The lowest BCUT2D eigenvalue weighted by molar-refractivity contribution is -0.147. The topological polar surface area (TPSA) is 61.5 Å². The van der Waals surface area contributed by atoms with E-state index < -0.39 is 11.5 Å². The molecule has 0 fully saturated rings. The lowest BCUT2D eigenvalue weighted by atomic mass is 10.0. The van der Waals surface area contributed by atoms with Gasteiger partial charge in [-0.25, -0.2) is 4.79 Å². The van der Waals surface area contributed by atoms with Crippen molar-refractivity contribution in [1.82, 2.24) is 0 Å². The number of methoxy groups -OCH3 is 1. The Hall–Kier alpha value is -1.65. The normalized spacial score (nSPS) is 13.8. The molecule has 2 N–H and O–H groups in total. The van der Waals surface area contributed by atoms with E-state index in [0.29, 0.717) is 6.61 Å². The van der Waals surface area contributed by atoms with Crippen molar-refractivity contribution in [2.75, 3.05) is 13.7 Å². The summed E-state index contributed by atoms with van der Waals surface area (Å²) in [7, 11) is 1.28. The van der Waals surface area contributed by atoms with Gasteiger partial charge in [-0.2, -0.15) is 0 Å². The number of ether oxygens (including phenoxy) is 2. The van der Waals surface area contributed by atoms with Crippen LogP contribution in [-0.2, 0) is 20.9 Å². The molecule has 0 spiro atoms. The molecule has 0 aromatic heterocycles. The van der Waals surface area contributed by atoms with E-state index in [4.69, 9.17) is 10.5 Å². The monoisotopic (exact) mass is 235 g/mol. The quantitative estimate of drug-likeness (QED) is 0.595. The van der Waals surface area contributed by atoms with Crippen molar-refractivity contribution < 1.29 is 14.3 Å². The molecule has 0 aliphatic carbocycles. The van der Waals surface area contributed by atoms with E-state index in [2.05, 4.69) is 11.3 Å². The second-order valence-corrected chi connectivity index (χ2v) is 3.71. The number of hydrogen-bond donors (Lipinski definition) is 1. The Kier molecular flexibility index (Phi) is 4.87. The van der Waals surface area contributed by atoms with Gasteiger partial charge in [-0.3, -0.25) is 0 Å². The molecule has 0 bridgehead atoms. The Bertz CT molecular complexity index is 378. The Morgan fingerprint density at radius 1 is 1.47 bits per heavy atom. The second-order valence-electron chi connectivity index (χ2n) is 3.71. The summed E-state index contributed by atoms with van der Waals surface area (Å²) < 4.78 is 10.00. The van der Waals surface area contributed by atoms with Crippen molar-refractivity contribution >= 4 is 5.97 Å². The third kappa shape index (κ3) is 3.69. The molecule has 1 atom stereocenters. The Labute approximate surface area is 101 Å². The molecule has 0 radical (unpaired) electrons. The molecule has 0 amide bonds. The third-order valence-electron chi connectivity index (χ3n) is 2.38. The smallest absolute Gasteiger partial charge is 0.332 e. The number of carbonyl (C=O) groups is 1. The van der Waals surface area contributed by atoms with E-state index in [1.165, 1.54) is 13.2 Å². The van der Waals surface area contributed by atoms with Gasteiger partial charge >= 0.3 is 5.97 Å². The van der Waals surface area contributed by atoms with E-state index in [9.17, 15) is 4.79 Å². The van der Waals surface area contributed by atoms with Gasteiger partial charge in [-0.15, -0.1) is 6.58 Å². The summed E-state index contributed by atoms with van der Waals surface area (Å²) in [5.41, 5.74) is 5.53. The summed E-state index contributed by atoms with van der Waals surface area (Å²) in [5.74, 6) is -0.555. The summed E-state index contributed by atoms with van der Waals surface area (Å²) in [4.78, 5) is 11.4. The van der Waals surface area contributed by atoms with Crippen LogP contribution >= 0.6 is 0 Å². The number of carbonyl (C=O) groups excluding carboxylic acids is 1. The van der Waals surface area contributed by atoms with Crippen LogP contribution in [0.3, 0.4) is 0 Å². The summed E-state index contributed by atoms with van der Waals surface area (Å²) >= 11 is 0. The highest BCUT2D eigenvalue weighted by Gasteiger charge is 2.32. The first-order valence-corrected chi connectivity index (χ1v) is 5.25. The van der Waals surface area contributed by atoms with Gasteiger partial charge in [-0.1, -0.05) is 36.4 Å². The number of hydrogen-bond acceptors (Lipinski definition) is 4. The maximum Gasteiger partial charge on any atom is 0.332 e. The fraction of sp³-hybridized carbons (Fsp3) is 0.308. The molecule has 92 valence electrons. The molecular formula is C13H17NO3. The molecule has 4 heteroatoms. The van der Waals surface area contributed by atoms with Crippen LogP contribution in [0, 0.1) is 0 Å². The highest BCUT2D eigenvalue weighted by molar-refractivity contribution is 5.83. The first kappa shape index (κ1) is 13.4. The fourth-order valence-electron chi connectivity index (χ4n) is 1.30. The molecule has 0 aliphatic heterocycles. The molecule has 1 aromatic rings. The van der Waals surface area contributed by atoms with Crippen molar-refractivity contribution in [3.05, 3.63) is 48.6 Å². The summed E-state index contributed by atoms with van der Waals surface area (Å²) in [6.45, 7) is 3.95. The average molecular weight is 235 g/mol. The largest absolute Gasteiger partial charge is 0.467 e. The van der Waals surface area contributed by atoms with E-state index in [1.54, 1.807) is 0 Å². The van der Waals surface area contributed by atoms with Crippen LogP contribution in [0.2, 0.25) is 0 Å². The zero-order valence-corrected chi connectivity index (χ0v) is 9.89. The van der Waals surface area contributed by atoms with E-state index in [-0.39, 0.29) is 6.61 Å². The van der Waals surface area contributed by atoms with Gasteiger partial charge in [0.25, 0.3) is 0 Å².